The van der Waals surface area contributed by atoms with Crippen LogP contribution in [0.2, 0.25) is 0 Å². The summed E-state index contributed by atoms with van der Waals surface area (Å²) in [5.74, 6) is -0.617. The van der Waals surface area contributed by atoms with Gasteiger partial charge in [-0.3, -0.25) is 4.79 Å². The van der Waals surface area contributed by atoms with E-state index in [9.17, 15) is 26.4 Å². The van der Waals surface area contributed by atoms with Crippen molar-refractivity contribution >= 4 is 15.6 Å². The third-order valence-corrected chi connectivity index (χ3v) is 4.16. The number of alkyl halides is 3. The van der Waals surface area contributed by atoms with Crippen LogP contribution in [0.5, 0.6) is 11.5 Å². The maximum absolute atomic E-state index is 12.0. The van der Waals surface area contributed by atoms with E-state index in [0.29, 0.717) is 0 Å². The van der Waals surface area contributed by atoms with Crippen molar-refractivity contribution in [2.45, 2.75) is 11.3 Å². The molecule has 2 aromatic carbocycles. The molecule has 0 radical (unpaired) electrons. The molecule has 0 aromatic heterocycles. The van der Waals surface area contributed by atoms with E-state index in [2.05, 4.69) is 4.74 Å². The van der Waals surface area contributed by atoms with Gasteiger partial charge in [0.05, 0.1) is 4.90 Å². The number of hydrogen-bond donors (Lipinski definition) is 0. The molecule has 25 heavy (non-hydrogen) atoms. The minimum atomic E-state index is -4.78. The fraction of sp³-hybridized carbons (Fsp3) is 0.188. The van der Waals surface area contributed by atoms with Gasteiger partial charge in [-0.25, -0.2) is 8.42 Å². The Morgan fingerprint density at radius 2 is 1.48 bits per heavy atom. The molecular formula is C16H13F3O5S. The van der Waals surface area contributed by atoms with Gasteiger partial charge in [0.1, 0.15) is 11.5 Å². The Hall–Kier alpha value is -2.55. The molecule has 0 atom stereocenters. The molecule has 9 heteroatoms. The molecule has 0 bridgehead atoms. The van der Waals surface area contributed by atoms with Crippen LogP contribution in [0, 0.1) is 0 Å². The van der Waals surface area contributed by atoms with Crippen LogP contribution in [-0.2, 0) is 9.84 Å². The summed E-state index contributed by atoms with van der Waals surface area (Å²) >= 11 is 0. The van der Waals surface area contributed by atoms with Gasteiger partial charge in [0.15, 0.2) is 22.2 Å². The molecule has 0 aliphatic carbocycles. The maximum Gasteiger partial charge on any atom is 0.573 e. The van der Waals surface area contributed by atoms with Crippen LogP contribution in [0.15, 0.2) is 53.4 Å². The molecule has 0 amide bonds. The first-order valence-corrected chi connectivity index (χ1v) is 8.76. The van der Waals surface area contributed by atoms with E-state index in [4.69, 9.17) is 4.74 Å². The van der Waals surface area contributed by atoms with Gasteiger partial charge in [0.2, 0.25) is 0 Å². The first kappa shape index (κ1) is 18.8. The third-order valence-electron chi connectivity index (χ3n) is 3.03. The first-order valence-electron chi connectivity index (χ1n) is 6.86. The molecule has 0 heterocycles. The molecule has 0 spiro atoms. The predicted molar refractivity (Wildman–Crippen MR) is 82.5 cm³/mol. The van der Waals surface area contributed by atoms with Crippen LogP contribution in [0.25, 0.3) is 0 Å². The van der Waals surface area contributed by atoms with Gasteiger partial charge in [0.25, 0.3) is 0 Å². The topological polar surface area (TPSA) is 69.7 Å². The Labute approximate surface area is 141 Å². The predicted octanol–water partition coefficient (Wildman–Crippen LogP) is 3.25. The summed E-state index contributed by atoms with van der Waals surface area (Å²) in [6.07, 6.45) is -3.73. The van der Waals surface area contributed by atoms with Crippen molar-refractivity contribution < 1.29 is 35.9 Å². The lowest BCUT2D eigenvalue weighted by molar-refractivity contribution is -0.274. The number of carbonyl (C=O) groups is 1. The van der Waals surface area contributed by atoms with Gasteiger partial charge >= 0.3 is 6.36 Å². The van der Waals surface area contributed by atoms with E-state index in [1.54, 1.807) is 0 Å². The van der Waals surface area contributed by atoms with Crippen molar-refractivity contribution in [3.05, 3.63) is 54.1 Å². The highest BCUT2D eigenvalue weighted by Crippen LogP contribution is 2.24. The van der Waals surface area contributed by atoms with E-state index in [-0.39, 0.29) is 22.8 Å². The Balaban J connectivity index is 1.95. The highest BCUT2D eigenvalue weighted by Gasteiger charge is 2.30. The number of halogens is 3. The highest BCUT2D eigenvalue weighted by molar-refractivity contribution is 7.90. The number of ether oxygens (including phenoxy) is 2. The average Bonchev–Trinajstić information content (AvgIpc) is 2.52. The molecule has 0 aliphatic rings. The van der Waals surface area contributed by atoms with E-state index in [0.717, 1.165) is 18.4 Å². The van der Waals surface area contributed by atoms with E-state index in [1.165, 1.54) is 36.4 Å². The Kier molecular flexibility index (Phi) is 5.36. The summed E-state index contributed by atoms with van der Waals surface area (Å²) < 4.78 is 67.8. The van der Waals surface area contributed by atoms with Crippen LogP contribution < -0.4 is 9.47 Å². The van der Waals surface area contributed by atoms with Crippen molar-refractivity contribution in [1.82, 2.24) is 0 Å². The van der Waals surface area contributed by atoms with Crippen LogP contribution >= 0.6 is 0 Å². The Morgan fingerprint density at radius 1 is 0.960 bits per heavy atom. The van der Waals surface area contributed by atoms with Gasteiger partial charge in [-0.05, 0) is 48.5 Å². The van der Waals surface area contributed by atoms with Crippen molar-refractivity contribution in [3.63, 3.8) is 0 Å². The molecule has 0 N–H and O–H groups in total. The molecule has 0 fully saturated rings. The maximum atomic E-state index is 12.0. The van der Waals surface area contributed by atoms with E-state index < -0.39 is 27.7 Å². The fourth-order valence-corrected chi connectivity index (χ4v) is 2.49. The Morgan fingerprint density at radius 3 is 1.96 bits per heavy atom. The zero-order valence-corrected chi connectivity index (χ0v) is 13.7. The normalized spacial score (nSPS) is 11.8. The summed E-state index contributed by atoms with van der Waals surface area (Å²) in [6, 6.07) is 9.95. The second kappa shape index (κ2) is 7.14. The average molecular weight is 374 g/mol. The quantitative estimate of drug-likeness (QED) is 0.726. The standard InChI is InChI=1S/C16H13F3O5S/c1-25(21,22)14-8-2-11(3-9-14)15(20)10-23-12-4-6-13(7-5-12)24-16(17,18)19/h2-9H,10H2,1H3. The van der Waals surface area contributed by atoms with Gasteiger partial charge in [-0.15, -0.1) is 13.2 Å². The number of Topliss-reactive ketones (excluding diaryl/α,β-unsaturated/α-hetero) is 1. The highest BCUT2D eigenvalue weighted by atomic mass is 32.2. The summed E-state index contributed by atoms with van der Waals surface area (Å²) in [4.78, 5) is 12.1. The van der Waals surface area contributed by atoms with Crippen molar-refractivity contribution in [2.24, 2.45) is 0 Å². The minimum Gasteiger partial charge on any atom is -0.485 e. The second-order valence-corrected chi connectivity index (χ2v) is 7.04. The first-order chi connectivity index (χ1) is 11.5. The van der Waals surface area contributed by atoms with Crippen molar-refractivity contribution in [3.8, 4) is 11.5 Å². The number of sulfone groups is 1. The lowest BCUT2D eigenvalue weighted by Crippen LogP contribution is -2.17. The molecule has 5 nitrogen and oxygen atoms in total. The number of rotatable bonds is 6. The summed E-state index contributed by atoms with van der Waals surface area (Å²) in [6.45, 7) is -0.350. The molecule has 0 saturated carbocycles. The third kappa shape index (κ3) is 5.79. The van der Waals surface area contributed by atoms with E-state index in [1.807, 2.05) is 0 Å². The summed E-state index contributed by atoms with van der Waals surface area (Å²) in [5.41, 5.74) is 0.254. The second-order valence-electron chi connectivity index (χ2n) is 5.03. The van der Waals surface area contributed by atoms with E-state index >= 15 is 0 Å². The zero-order valence-electron chi connectivity index (χ0n) is 12.9. The molecule has 0 unspecified atom stereocenters. The summed E-state index contributed by atoms with van der Waals surface area (Å²) in [5, 5.41) is 0. The SMILES string of the molecule is CS(=O)(=O)c1ccc(C(=O)COc2ccc(OC(F)(F)F)cc2)cc1. The smallest absolute Gasteiger partial charge is 0.485 e. The van der Waals surface area contributed by atoms with Crippen LogP contribution in [0.4, 0.5) is 13.2 Å². The van der Waals surface area contributed by atoms with Crippen molar-refractivity contribution in [1.29, 1.82) is 0 Å². The van der Waals surface area contributed by atoms with Crippen LogP contribution in [-0.4, -0.2) is 33.4 Å². The lowest BCUT2D eigenvalue weighted by atomic mass is 10.1. The number of carbonyl (C=O) groups excluding carboxylic acids is 1. The van der Waals surface area contributed by atoms with Gasteiger partial charge in [-0.1, -0.05) is 0 Å². The number of benzene rings is 2. The van der Waals surface area contributed by atoms with Gasteiger partial charge in [-0.2, -0.15) is 0 Å². The number of hydrogen-bond acceptors (Lipinski definition) is 5. The Bertz CT molecular complexity index is 841. The molecule has 2 rings (SSSR count). The molecule has 134 valence electrons. The van der Waals surface area contributed by atoms with Gasteiger partial charge in [0, 0.05) is 11.8 Å². The van der Waals surface area contributed by atoms with Crippen LogP contribution in [0.1, 0.15) is 10.4 Å². The number of ketones is 1. The minimum absolute atomic E-state index is 0.0882. The molecule has 0 saturated heterocycles. The fourth-order valence-electron chi connectivity index (χ4n) is 1.86. The van der Waals surface area contributed by atoms with Crippen LogP contribution in [0.3, 0.4) is 0 Å². The molecule has 0 aliphatic heterocycles. The largest absolute Gasteiger partial charge is 0.573 e. The van der Waals surface area contributed by atoms with Gasteiger partial charge < -0.3 is 9.47 Å². The summed E-state index contributed by atoms with van der Waals surface area (Å²) in [7, 11) is -3.35. The van der Waals surface area contributed by atoms with Crippen molar-refractivity contribution in [2.75, 3.05) is 12.9 Å². The lowest BCUT2D eigenvalue weighted by Gasteiger charge is -2.10. The molecule has 2 aromatic rings. The monoisotopic (exact) mass is 374 g/mol. The zero-order chi connectivity index (χ0) is 18.7. The molecular weight excluding hydrogens is 361 g/mol.